The highest BCUT2D eigenvalue weighted by Gasteiger charge is 2.15. The van der Waals surface area contributed by atoms with Crippen molar-refractivity contribution in [3.05, 3.63) is 21.9 Å². The summed E-state index contributed by atoms with van der Waals surface area (Å²) >= 11 is 2.06. The third-order valence-corrected chi connectivity index (χ3v) is 2.01. The Morgan fingerprint density at radius 3 is 3.00 bits per heavy atom. The van der Waals surface area contributed by atoms with Gasteiger partial charge in [-0.3, -0.25) is 4.79 Å². The lowest BCUT2D eigenvalue weighted by atomic mass is 10.3. The molecule has 0 fully saturated rings. The molecule has 0 aromatic rings. The van der Waals surface area contributed by atoms with E-state index in [2.05, 4.69) is 22.6 Å². The Morgan fingerprint density at radius 2 is 2.42 bits per heavy atom. The number of aliphatic hydroxyl groups excluding tert-OH is 1. The fraction of sp³-hybridized carbons (Fsp3) is 0.286. The minimum Gasteiger partial charge on any atom is -0.480 e. The van der Waals surface area contributed by atoms with Crippen molar-refractivity contribution in [2.24, 2.45) is 0 Å². The molecule has 0 aromatic carbocycles. The molecule has 1 aliphatic rings. The van der Waals surface area contributed by atoms with Gasteiger partial charge in [0.25, 0.3) is 0 Å². The second-order valence-electron chi connectivity index (χ2n) is 2.35. The van der Waals surface area contributed by atoms with Gasteiger partial charge in [0.1, 0.15) is 12.8 Å². The van der Waals surface area contributed by atoms with E-state index in [1.165, 1.54) is 4.90 Å². The predicted octanol–water partition coefficient (Wildman–Crippen LogP) is 0.538. The average molecular weight is 281 g/mol. The molecule has 0 saturated heterocycles. The lowest BCUT2D eigenvalue weighted by Gasteiger charge is -2.25. The van der Waals surface area contributed by atoms with Gasteiger partial charge in [-0.25, -0.2) is 0 Å². The van der Waals surface area contributed by atoms with E-state index in [0.29, 0.717) is 0 Å². The van der Waals surface area contributed by atoms with Crippen molar-refractivity contribution >= 4 is 28.6 Å². The monoisotopic (exact) mass is 281 g/mol. The van der Waals surface area contributed by atoms with Crippen LogP contribution in [0.15, 0.2) is 21.9 Å². The average Bonchev–Trinajstić information content (AvgIpc) is 1.96. The summed E-state index contributed by atoms with van der Waals surface area (Å²) in [6.45, 7) is -0.183. The van der Waals surface area contributed by atoms with Gasteiger partial charge in [0.15, 0.2) is 0 Å². The molecular formula is C7H8INO3. The smallest absolute Gasteiger partial charge is 0.323 e. The van der Waals surface area contributed by atoms with Crippen LogP contribution in [0.25, 0.3) is 0 Å². The summed E-state index contributed by atoms with van der Waals surface area (Å²) in [4.78, 5) is 11.7. The minimum absolute atomic E-state index is 0.183. The van der Waals surface area contributed by atoms with Crippen LogP contribution >= 0.6 is 22.6 Å². The van der Waals surface area contributed by atoms with E-state index < -0.39 is 12.2 Å². The minimum atomic E-state index is -0.954. The molecule has 0 spiro atoms. The van der Waals surface area contributed by atoms with Gasteiger partial charge < -0.3 is 15.1 Å². The zero-order valence-electron chi connectivity index (χ0n) is 6.14. The number of carboxylic acids is 1. The van der Waals surface area contributed by atoms with E-state index in [1.807, 2.05) is 0 Å². The van der Waals surface area contributed by atoms with Crippen LogP contribution in [0.3, 0.4) is 0 Å². The van der Waals surface area contributed by atoms with Gasteiger partial charge in [-0.05, 0) is 34.7 Å². The van der Waals surface area contributed by atoms with Crippen molar-refractivity contribution in [2.45, 2.75) is 6.23 Å². The molecule has 0 saturated carbocycles. The lowest BCUT2D eigenvalue weighted by Crippen LogP contribution is -2.34. The second-order valence-corrected chi connectivity index (χ2v) is 3.60. The van der Waals surface area contributed by atoms with E-state index in [0.717, 1.165) is 3.58 Å². The number of allylic oxidation sites excluding steroid dienone is 2. The van der Waals surface area contributed by atoms with Crippen LogP contribution in [-0.4, -0.2) is 33.9 Å². The fourth-order valence-electron chi connectivity index (χ4n) is 0.862. The number of nitrogens with zero attached hydrogens (tertiary/aromatic N) is 1. The molecule has 66 valence electrons. The molecular weight excluding hydrogens is 273 g/mol. The molecule has 0 amide bonds. The van der Waals surface area contributed by atoms with E-state index in [9.17, 15) is 9.90 Å². The van der Waals surface area contributed by atoms with Gasteiger partial charge in [-0.2, -0.15) is 0 Å². The van der Waals surface area contributed by atoms with Crippen molar-refractivity contribution in [1.82, 2.24) is 4.90 Å². The van der Waals surface area contributed by atoms with Crippen LogP contribution < -0.4 is 0 Å². The Balaban J connectivity index is 2.64. The van der Waals surface area contributed by atoms with Crippen LogP contribution in [0.2, 0.25) is 0 Å². The summed E-state index contributed by atoms with van der Waals surface area (Å²) in [5.41, 5.74) is 0. The summed E-state index contributed by atoms with van der Waals surface area (Å²) < 4.78 is 0.902. The molecule has 1 unspecified atom stereocenters. The summed E-state index contributed by atoms with van der Waals surface area (Å²) in [5, 5.41) is 17.7. The van der Waals surface area contributed by atoms with Crippen LogP contribution in [0.4, 0.5) is 0 Å². The van der Waals surface area contributed by atoms with Gasteiger partial charge in [-0.1, -0.05) is 0 Å². The fourth-order valence-corrected chi connectivity index (χ4v) is 1.43. The first-order valence-electron chi connectivity index (χ1n) is 3.31. The first-order chi connectivity index (χ1) is 5.59. The standard InChI is InChI=1S/C7H8INO3/c8-5-1-2-6(10)9(3-5)4-7(11)12/h1-3,6,10H,4H2,(H,11,12). The van der Waals surface area contributed by atoms with Crippen LogP contribution in [-0.2, 0) is 4.79 Å². The molecule has 2 N–H and O–H groups in total. The molecule has 0 bridgehead atoms. The van der Waals surface area contributed by atoms with Crippen molar-refractivity contribution < 1.29 is 15.0 Å². The van der Waals surface area contributed by atoms with Gasteiger partial charge in [0.2, 0.25) is 0 Å². The van der Waals surface area contributed by atoms with E-state index in [-0.39, 0.29) is 6.54 Å². The highest BCUT2D eigenvalue weighted by molar-refractivity contribution is 14.1. The molecule has 1 aliphatic heterocycles. The van der Waals surface area contributed by atoms with E-state index in [4.69, 9.17) is 5.11 Å². The molecule has 4 nitrogen and oxygen atoms in total. The normalized spacial score (nSPS) is 22.3. The number of rotatable bonds is 2. The number of aliphatic carboxylic acids is 1. The Hall–Kier alpha value is -0.560. The van der Waals surface area contributed by atoms with Crippen LogP contribution in [0, 0.1) is 0 Å². The first-order valence-corrected chi connectivity index (χ1v) is 4.38. The summed E-state index contributed by atoms with van der Waals surface area (Å²) in [7, 11) is 0. The third-order valence-electron chi connectivity index (χ3n) is 1.37. The predicted molar refractivity (Wildman–Crippen MR) is 51.6 cm³/mol. The van der Waals surface area contributed by atoms with Crippen molar-refractivity contribution in [3.8, 4) is 0 Å². The Labute approximate surface area is 83.3 Å². The molecule has 1 atom stereocenters. The molecule has 0 aliphatic carbocycles. The van der Waals surface area contributed by atoms with Crippen molar-refractivity contribution in [3.63, 3.8) is 0 Å². The maximum atomic E-state index is 10.3. The Kier molecular flexibility index (Phi) is 3.10. The van der Waals surface area contributed by atoms with Crippen molar-refractivity contribution in [1.29, 1.82) is 0 Å². The van der Waals surface area contributed by atoms with Gasteiger partial charge in [-0.15, -0.1) is 0 Å². The summed E-state index contributed by atoms with van der Waals surface area (Å²) in [6.07, 6.45) is 4.08. The number of hydrogen-bond acceptors (Lipinski definition) is 3. The molecule has 1 rings (SSSR count). The lowest BCUT2D eigenvalue weighted by molar-refractivity contribution is -0.139. The van der Waals surface area contributed by atoms with Crippen LogP contribution in [0.5, 0.6) is 0 Å². The van der Waals surface area contributed by atoms with Gasteiger partial charge >= 0.3 is 5.97 Å². The number of halogens is 1. The highest BCUT2D eigenvalue weighted by atomic mass is 127. The zero-order valence-corrected chi connectivity index (χ0v) is 8.30. The number of carboxylic acid groups (broad SMARTS) is 1. The Bertz CT molecular complexity index is 249. The second kappa shape index (κ2) is 3.90. The van der Waals surface area contributed by atoms with E-state index in [1.54, 1.807) is 18.4 Å². The molecule has 12 heavy (non-hydrogen) atoms. The molecule has 5 heteroatoms. The summed E-state index contributed by atoms with van der Waals surface area (Å²) in [5.74, 6) is -0.954. The number of hydrogen-bond donors (Lipinski definition) is 2. The third kappa shape index (κ3) is 2.49. The highest BCUT2D eigenvalue weighted by Crippen LogP contribution is 2.16. The number of aliphatic hydroxyl groups is 1. The molecule has 1 heterocycles. The maximum Gasteiger partial charge on any atom is 0.323 e. The SMILES string of the molecule is O=C(O)CN1C=C(I)C=CC1O. The van der Waals surface area contributed by atoms with Gasteiger partial charge in [0, 0.05) is 9.78 Å². The van der Waals surface area contributed by atoms with E-state index >= 15 is 0 Å². The first kappa shape index (κ1) is 9.53. The quantitative estimate of drug-likeness (QED) is 0.725. The molecule has 0 aromatic heterocycles. The summed E-state index contributed by atoms with van der Waals surface area (Å²) in [6, 6.07) is 0. The van der Waals surface area contributed by atoms with Gasteiger partial charge in [0.05, 0.1) is 0 Å². The number of carbonyl (C=O) groups is 1. The molecule has 0 radical (unpaired) electrons. The Morgan fingerprint density at radius 1 is 1.75 bits per heavy atom. The van der Waals surface area contributed by atoms with Crippen LogP contribution in [0.1, 0.15) is 0 Å². The largest absolute Gasteiger partial charge is 0.480 e. The topological polar surface area (TPSA) is 60.8 Å². The maximum absolute atomic E-state index is 10.3. The van der Waals surface area contributed by atoms with Crippen molar-refractivity contribution in [2.75, 3.05) is 6.54 Å². The zero-order chi connectivity index (χ0) is 9.14.